The van der Waals surface area contributed by atoms with Gasteiger partial charge >= 0.3 is 6.09 Å². The van der Waals surface area contributed by atoms with E-state index in [2.05, 4.69) is 5.32 Å². The molecule has 0 aromatic heterocycles. The number of ether oxygens (including phenoxy) is 1. The topological polar surface area (TPSA) is 58.6 Å². The lowest BCUT2D eigenvalue weighted by molar-refractivity contribution is 0.0478. The van der Waals surface area contributed by atoms with Crippen LogP contribution in [-0.4, -0.2) is 30.0 Å². The van der Waals surface area contributed by atoms with Gasteiger partial charge in [-0.2, -0.15) is 0 Å². The van der Waals surface area contributed by atoms with Crippen LogP contribution in [0.3, 0.4) is 0 Å². The quantitative estimate of drug-likeness (QED) is 0.878. The van der Waals surface area contributed by atoms with Crippen LogP contribution in [0.1, 0.15) is 33.3 Å². The van der Waals surface area contributed by atoms with Crippen molar-refractivity contribution in [2.75, 3.05) is 13.2 Å². The molecule has 0 saturated carbocycles. The molecule has 1 rings (SSSR count). The molecule has 1 atom stereocenters. The van der Waals surface area contributed by atoms with Crippen molar-refractivity contribution < 1.29 is 23.4 Å². The molecule has 0 saturated heterocycles. The molecule has 1 amide bonds. The summed E-state index contributed by atoms with van der Waals surface area (Å²) in [5.74, 6) is -1.09. The smallest absolute Gasteiger partial charge is 0.407 e. The summed E-state index contributed by atoms with van der Waals surface area (Å²) in [7, 11) is 0. The summed E-state index contributed by atoms with van der Waals surface area (Å²) in [4.78, 5) is 11.6. The van der Waals surface area contributed by atoms with Crippen LogP contribution in [-0.2, 0) is 11.2 Å². The first-order chi connectivity index (χ1) is 10.0. The van der Waals surface area contributed by atoms with Crippen molar-refractivity contribution in [3.05, 3.63) is 35.4 Å². The maximum Gasteiger partial charge on any atom is 0.407 e. The fraction of sp³-hybridized carbons (Fsp3) is 0.562. The molecule has 1 unspecified atom stereocenters. The number of carbonyl (C=O) groups excluding carboxylic acids is 1. The van der Waals surface area contributed by atoms with Crippen LogP contribution in [0.15, 0.2) is 18.2 Å². The second kappa shape index (κ2) is 7.05. The Bertz CT molecular complexity index is 529. The van der Waals surface area contributed by atoms with Crippen molar-refractivity contribution in [1.82, 2.24) is 5.32 Å². The fourth-order valence-corrected chi connectivity index (χ4v) is 1.91. The van der Waals surface area contributed by atoms with Crippen LogP contribution in [0.25, 0.3) is 0 Å². The van der Waals surface area contributed by atoms with E-state index in [1.54, 1.807) is 27.7 Å². The first kappa shape index (κ1) is 18.4. The number of amides is 1. The maximum absolute atomic E-state index is 13.7. The molecule has 22 heavy (non-hydrogen) atoms. The average Bonchev–Trinajstić information content (AvgIpc) is 2.39. The Hall–Kier alpha value is -1.69. The van der Waals surface area contributed by atoms with Gasteiger partial charge in [0.05, 0.1) is 6.61 Å². The van der Waals surface area contributed by atoms with E-state index < -0.39 is 28.7 Å². The van der Waals surface area contributed by atoms with Gasteiger partial charge < -0.3 is 15.2 Å². The number of aliphatic hydroxyl groups excluding tert-OH is 1. The number of carbonyl (C=O) groups is 1. The minimum atomic E-state index is -0.828. The summed E-state index contributed by atoms with van der Waals surface area (Å²) in [5.41, 5.74) is -1.30. The molecule has 6 heteroatoms. The van der Waals surface area contributed by atoms with Crippen LogP contribution in [0.2, 0.25) is 0 Å². The lowest BCUT2D eigenvalue weighted by Crippen LogP contribution is -2.42. The van der Waals surface area contributed by atoms with E-state index in [-0.39, 0.29) is 25.1 Å². The molecule has 4 nitrogen and oxygen atoms in total. The molecule has 0 spiro atoms. The van der Waals surface area contributed by atoms with Crippen LogP contribution >= 0.6 is 0 Å². The third-order valence-electron chi connectivity index (χ3n) is 3.07. The summed E-state index contributed by atoms with van der Waals surface area (Å²) in [6, 6.07) is 3.18. The molecule has 1 aromatic rings. The van der Waals surface area contributed by atoms with Crippen molar-refractivity contribution in [2.45, 2.75) is 39.7 Å². The van der Waals surface area contributed by atoms with Crippen LogP contribution < -0.4 is 5.32 Å². The van der Waals surface area contributed by atoms with Gasteiger partial charge in [0.1, 0.15) is 17.2 Å². The predicted octanol–water partition coefficient (Wildman–Crippen LogP) is 3.03. The lowest BCUT2D eigenvalue weighted by Gasteiger charge is -2.29. The Labute approximate surface area is 129 Å². The van der Waals surface area contributed by atoms with Gasteiger partial charge in [-0.1, -0.05) is 6.92 Å². The van der Waals surface area contributed by atoms with Gasteiger partial charge in [-0.05, 0) is 51.0 Å². The van der Waals surface area contributed by atoms with Gasteiger partial charge in [0, 0.05) is 12.0 Å². The molecular weight excluding hydrogens is 292 g/mol. The van der Waals surface area contributed by atoms with E-state index in [0.29, 0.717) is 0 Å². The van der Waals surface area contributed by atoms with Crippen LogP contribution in [0, 0.1) is 17.0 Å². The number of hydrogen-bond acceptors (Lipinski definition) is 3. The molecule has 0 aliphatic rings. The van der Waals surface area contributed by atoms with Crippen molar-refractivity contribution in [2.24, 2.45) is 5.41 Å². The second-order valence-corrected chi connectivity index (χ2v) is 6.74. The number of hydrogen-bond donors (Lipinski definition) is 2. The van der Waals surface area contributed by atoms with Gasteiger partial charge in [0.15, 0.2) is 0 Å². The molecule has 0 aliphatic carbocycles. The molecule has 0 radical (unpaired) electrons. The molecule has 2 N–H and O–H groups in total. The Morgan fingerprint density at radius 3 is 2.45 bits per heavy atom. The zero-order valence-corrected chi connectivity index (χ0v) is 13.4. The number of alkyl carbamates (subject to hydrolysis) is 1. The predicted molar refractivity (Wildman–Crippen MR) is 79.5 cm³/mol. The minimum Gasteiger partial charge on any atom is -0.444 e. The van der Waals surface area contributed by atoms with Crippen molar-refractivity contribution >= 4 is 6.09 Å². The van der Waals surface area contributed by atoms with E-state index in [0.717, 1.165) is 18.2 Å². The fourth-order valence-electron chi connectivity index (χ4n) is 1.91. The number of halogens is 2. The summed E-state index contributed by atoms with van der Waals surface area (Å²) in [6.45, 7) is 6.67. The van der Waals surface area contributed by atoms with E-state index in [4.69, 9.17) is 4.74 Å². The normalized spacial score (nSPS) is 14.3. The van der Waals surface area contributed by atoms with Gasteiger partial charge in [0.2, 0.25) is 0 Å². The maximum atomic E-state index is 13.7. The minimum absolute atomic E-state index is 0.0777. The van der Waals surface area contributed by atoms with Crippen molar-refractivity contribution in [3.8, 4) is 0 Å². The zero-order valence-electron chi connectivity index (χ0n) is 13.4. The lowest BCUT2D eigenvalue weighted by atomic mass is 9.84. The molecule has 0 heterocycles. The largest absolute Gasteiger partial charge is 0.444 e. The van der Waals surface area contributed by atoms with Crippen molar-refractivity contribution in [3.63, 3.8) is 0 Å². The highest BCUT2D eigenvalue weighted by Gasteiger charge is 2.27. The van der Waals surface area contributed by atoms with E-state index in [1.165, 1.54) is 0 Å². The first-order valence-electron chi connectivity index (χ1n) is 7.06. The van der Waals surface area contributed by atoms with Crippen LogP contribution in [0.4, 0.5) is 13.6 Å². The van der Waals surface area contributed by atoms with E-state index >= 15 is 0 Å². The summed E-state index contributed by atoms with van der Waals surface area (Å²) in [6.07, 6.45) is -0.532. The third-order valence-corrected chi connectivity index (χ3v) is 3.07. The zero-order chi connectivity index (χ0) is 17.0. The highest BCUT2D eigenvalue weighted by Crippen LogP contribution is 2.24. The van der Waals surface area contributed by atoms with Crippen LogP contribution in [0.5, 0.6) is 0 Å². The summed E-state index contributed by atoms with van der Waals surface area (Å²) >= 11 is 0. The van der Waals surface area contributed by atoms with Gasteiger partial charge in [-0.25, -0.2) is 13.6 Å². The number of nitrogens with one attached hydrogen (secondary N) is 1. The molecule has 0 bridgehead atoms. The van der Waals surface area contributed by atoms with Gasteiger partial charge in [-0.3, -0.25) is 0 Å². The van der Waals surface area contributed by atoms with Gasteiger partial charge in [0.25, 0.3) is 0 Å². The Balaban J connectivity index is 2.72. The standard InChI is InChI=1S/C16H23F2NO3/c1-15(2,3)22-14(21)19-9-16(4,10-20)8-11-7-12(17)5-6-13(11)18/h5-7,20H,8-10H2,1-4H3,(H,19,21). The van der Waals surface area contributed by atoms with E-state index in [1.807, 2.05) is 0 Å². The highest BCUT2D eigenvalue weighted by molar-refractivity contribution is 5.67. The number of rotatable bonds is 5. The average molecular weight is 315 g/mol. The molecular formula is C16H23F2NO3. The first-order valence-corrected chi connectivity index (χ1v) is 7.06. The number of aliphatic hydroxyl groups is 1. The Morgan fingerprint density at radius 2 is 1.91 bits per heavy atom. The molecule has 1 aromatic carbocycles. The summed E-state index contributed by atoms with van der Waals surface area (Å²) in [5, 5.41) is 12.1. The van der Waals surface area contributed by atoms with Crippen molar-refractivity contribution in [1.29, 1.82) is 0 Å². The molecule has 0 aliphatic heterocycles. The summed E-state index contributed by atoms with van der Waals surface area (Å²) < 4.78 is 32.0. The Kier molecular flexibility index (Phi) is 5.88. The SMILES string of the molecule is CC(CO)(CNC(=O)OC(C)(C)C)Cc1cc(F)ccc1F. The molecule has 0 fully saturated rings. The van der Waals surface area contributed by atoms with Gasteiger partial charge in [-0.15, -0.1) is 0 Å². The second-order valence-electron chi connectivity index (χ2n) is 6.74. The monoisotopic (exact) mass is 315 g/mol. The third kappa shape index (κ3) is 5.97. The highest BCUT2D eigenvalue weighted by atomic mass is 19.1. The number of benzene rings is 1. The Morgan fingerprint density at radius 1 is 1.27 bits per heavy atom. The van der Waals surface area contributed by atoms with E-state index in [9.17, 15) is 18.7 Å². The molecule has 124 valence electrons.